The Kier molecular flexibility index (Phi) is 6.25. The molecule has 1 heteroatoms. The lowest BCUT2D eigenvalue weighted by Gasteiger charge is -2.19. The number of hydrogen-bond acceptors (Lipinski definition) is 0. The van der Waals surface area contributed by atoms with E-state index in [1.807, 2.05) is 0 Å². The van der Waals surface area contributed by atoms with Crippen LogP contribution in [-0.2, 0) is 0 Å². The van der Waals surface area contributed by atoms with Gasteiger partial charge in [-0.15, -0.1) is 24.0 Å². The maximum Gasteiger partial charge on any atom is -0.0380 e. The van der Waals surface area contributed by atoms with Gasteiger partial charge in [-0.2, -0.15) is 0 Å². The van der Waals surface area contributed by atoms with E-state index >= 15 is 0 Å². The Balaban J connectivity index is 0. The fourth-order valence-corrected chi connectivity index (χ4v) is 1.22. The van der Waals surface area contributed by atoms with Gasteiger partial charge in [0.05, 0.1) is 0 Å². The molecule has 0 nitrogen and oxygen atoms in total. The van der Waals surface area contributed by atoms with Gasteiger partial charge in [-0.3, -0.25) is 0 Å². The number of hydrogen-bond donors (Lipinski definition) is 0. The zero-order valence-corrected chi connectivity index (χ0v) is 9.52. The van der Waals surface area contributed by atoms with Crippen LogP contribution in [0.15, 0.2) is 0 Å². The predicted molar refractivity (Wildman–Crippen MR) is 54.3 cm³/mol. The molecule has 0 aliphatic carbocycles. The summed E-state index contributed by atoms with van der Waals surface area (Å²) in [6.07, 6.45) is 1.33. The third-order valence-corrected chi connectivity index (χ3v) is 1.02. The lowest BCUT2D eigenvalue weighted by molar-refractivity contribution is 0.320. The fourth-order valence-electron chi connectivity index (χ4n) is 1.22. The van der Waals surface area contributed by atoms with E-state index in [4.69, 9.17) is 0 Å². The van der Waals surface area contributed by atoms with Gasteiger partial charge >= 0.3 is 0 Å². The van der Waals surface area contributed by atoms with Gasteiger partial charge in [-0.05, 0) is 17.8 Å². The smallest absolute Gasteiger partial charge is 0.0380 e. The summed E-state index contributed by atoms with van der Waals surface area (Å²) in [6, 6.07) is 0. The van der Waals surface area contributed by atoms with Crippen molar-refractivity contribution in [2.24, 2.45) is 11.3 Å². The fraction of sp³-hybridized carbons (Fsp3) is 1.00. The van der Waals surface area contributed by atoms with Gasteiger partial charge in [0.15, 0.2) is 0 Å². The van der Waals surface area contributed by atoms with E-state index in [1.165, 1.54) is 6.42 Å². The van der Waals surface area contributed by atoms with Crippen LogP contribution in [0.5, 0.6) is 0 Å². The van der Waals surface area contributed by atoms with Crippen molar-refractivity contribution < 1.29 is 0 Å². The molecular formula is C8H19I. The predicted octanol–water partition coefficient (Wildman–Crippen LogP) is 3.70. The summed E-state index contributed by atoms with van der Waals surface area (Å²) < 4.78 is 0. The normalized spacial score (nSPS) is 11.3. The summed E-state index contributed by atoms with van der Waals surface area (Å²) in [5.74, 6) is 0.843. The average molecular weight is 242 g/mol. The maximum absolute atomic E-state index is 2.28. The minimum absolute atomic E-state index is 0. The van der Waals surface area contributed by atoms with Crippen molar-refractivity contribution in [3.8, 4) is 0 Å². The summed E-state index contributed by atoms with van der Waals surface area (Å²) in [5, 5.41) is 0. The Morgan fingerprint density at radius 1 is 1.11 bits per heavy atom. The molecule has 0 bridgehead atoms. The van der Waals surface area contributed by atoms with Crippen molar-refractivity contribution in [3.05, 3.63) is 0 Å². The lowest BCUT2D eigenvalue weighted by atomic mass is 9.86. The molecule has 0 aromatic carbocycles. The molecule has 0 heterocycles. The first-order chi connectivity index (χ1) is 3.42. The topological polar surface area (TPSA) is 0 Å². The molecule has 58 valence electrons. The standard InChI is InChI=1S/C8H18.HI/c1-7(2)6-8(3,4)5;/h7H,6H2,1-5H3;1H. The molecule has 0 rings (SSSR count). The second-order valence-corrected chi connectivity index (χ2v) is 4.16. The monoisotopic (exact) mass is 242 g/mol. The molecule has 0 aromatic rings. The van der Waals surface area contributed by atoms with Crippen LogP contribution in [0, 0.1) is 11.3 Å². The van der Waals surface area contributed by atoms with Crippen molar-refractivity contribution in [3.63, 3.8) is 0 Å². The van der Waals surface area contributed by atoms with Crippen LogP contribution >= 0.6 is 24.0 Å². The van der Waals surface area contributed by atoms with Crippen LogP contribution < -0.4 is 0 Å². The quantitative estimate of drug-likeness (QED) is 0.615. The molecule has 0 fully saturated rings. The summed E-state index contributed by atoms with van der Waals surface area (Å²) >= 11 is 0. The highest BCUT2D eigenvalue weighted by Crippen LogP contribution is 2.23. The SMILES string of the molecule is CC(C)CC(C)(C)C.I. The Labute approximate surface area is 76.4 Å². The molecule has 0 radical (unpaired) electrons. The molecule has 0 saturated carbocycles. The highest BCUT2D eigenvalue weighted by Gasteiger charge is 2.11. The average Bonchev–Trinajstić information content (AvgIpc) is 1.21. The van der Waals surface area contributed by atoms with Crippen LogP contribution in [0.1, 0.15) is 41.0 Å². The van der Waals surface area contributed by atoms with Crippen LogP contribution in [0.3, 0.4) is 0 Å². The Bertz CT molecular complexity index is 59.5. The molecule has 9 heavy (non-hydrogen) atoms. The van der Waals surface area contributed by atoms with Crippen molar-refractivity contribution >= 4 is 24.0 Å². The van der Waals surface area contributed by atoms with Gasteiger partial charge in [-0.1, -0.05) is 34.6 Å². The highest BCUT2D eigenvalue weighted by molar-refractivity contribution is 14.0. The molecule has 0 amide bonds. The minimum atomic E-state index is 0. The first-order valence-corrected chi connectivity index (χ1v) is 3.42. The van der Waals surface area contributed by atoms with Crippen molar-refractivity contribution in [2.45, 2.75) is 41.0 Å². The van der Waals surface area contributed by atoms with Gasteiger partial charge in [0.25, 0.3) is 0 Å². The molecule has 0 N–H and O–H groups in total. The number of rotatable bonds is 1. The molecule has 0 atom stereocenters. The van der Waals surface area contributed by atoms with E-state index in [0.29, 0.717) is 5.41 Å². The summed E-state index contributed by atoms with van der Waals surface area (Å²) in [7, 11) is 0. The molecule has 0 aromatic heterocycles. The van der Waals surface area contributed by atoms with E-state index in [1.54, 1.807) is 0 Å². The van der Waals surface area contributed by atoms with E-state index in [9.17, 15) is 0 Å². The van der Waals surface area contributed by atoms with Crippen molar-refractivity contribution in [1.29, 1.82) is 0 Å². The van der Waals surface area contributed by atoms with Crippen molar-refractivity contribution in [2.75, 3.05) is 0 Å². The lowest BCUT2D eigenvalue weighted by Crippen LogP contribution is -2.08. The van der Waals surface area contributed by atoms with Gasteiger partial charge in [-0.25, -0.2) is 0 Å². The van der Waals surface area contributed by atoms with Gasteiger partial charge in [0.2, 0.25) is 0 Å². The molecule has 0 saturated heterocycles. The highest BCUT2D eigenvalue weighted by atomic mass is 127. The zero-order chi connectivity index (χ0) is 6.78. The van der Waals surface area contributed by atoms with E-state index in [-0.39, 0.29) is 24.0 Å². The summed E-state index contributed by atoms with van der Waals surface area (Å²) in [4.78, 5) is 0. The zero-order valence-electron chi connectivity index (χ0n) is 7.19. The Morgan fingerprint density at radius 2 is 1.44 bits per heavy atom. The summed E-state index contributed by atoms with van der Waals surface area (Å²) in [5.41, 5.74) is 0.522. The Morgan fingerprint density at radius 3 is 1.44 bits per heavy atom. The van der Waals surface area contributed by atoms with E-state index in [0.717, 1.165) is 5.92 Å². The van der Waals surface area contributed by atoms with Crippen LogP contribution in [0.2, 0.25) is 0 Å². The molecule has 0 aliphatic heterocycles. The molecule has 0 unspecified atom stereocenters. The van der Waals surface area contributed by atoms with Gasteiger partial charge < -0.3 is 0 Å². The summed E-state index contributed by atoms with van der Waals surface area (Å²) in [6.45, 7) is 11.4. The Hall–Kier alpha value is 0.730. The van der Waals surface area contributed by atoms with Gasteiger partial charge in [0.1, 0.15) is 0 Å². The minimum Gasteiger partial charge on any atom is -0.107 e. The second-order valence-electron chi connectivity index (χ2n) is 4.16. The third kappa shape index (κ3) is 12.0. The molecular weight excluding hydrogens is 223 g/mol. The van der Waals surface area contributed by atoms with Crippen LogP contribution in [-0.4, -0.2) is 0 Å². The largest absolute Gasteiger partial charge is 0.107 e. The second kappa shape index (κ2) is 4.53. The maximum atomic E-state index is 2.28. The van der Waals surface area contributed by atoms with Crippen LogP contribution in [0.25, 0.3) is 0 Å². The van der Waals surface area contributed by atoms with Crippen molar-refractivity contribution in [1.82, 2.24) is 0 Å². The number of halogens is 1. The molecule has 0 spiro atoms. The van der Waals surface area contributed by atoms with E-state index < -0.39 is 0 Å². The van der Waals surface area contributed by atoms with E-state index in [2.05, 4.69) is 34.6 Å². The first kappa shape index (κ1) is 12.4. The third-order valence-electron chi connectivity index (χ3n) is 1.02. The van der Waals surface area contributed by atoms with Gasteiger partial charge in [0, 0.05) is 0 Å². The first-order valence-electron chi connectivity index (χ1n) is 3.42. The van der Waals surface area contributed by atoms with Crippen LogP contribution in [0.4, 0.5) is 0 Å². The molecule has 0 aliphatic rings.